The molecule has 0 saturated heterocycles. The van der Waals surface area contributed by atoms with Crippen molar-refractivity contribution >= 4 is 11.9 Å². The smallest absolute Gasteiger partial charge is 0.329 e. The van der Waals surface area contributed by atoms with Crippen LogP contribution in [-0.2, 0) is 9.59 Å². The highest BCUT2D eigenvalue weighted by Crippen LogP contribution is 2.16. The average molecular weight is 293 g/mol. The molecule has 0 saturated carbocycles. The van der Waals surface area contributed by atoms with Gasteiger partial charge in [-0.05, 0) is 50.5 Å². The quantitative estimate of drug-likeness (QED) is 0.809. The molecular formula is C16H23NO4. The number of ether oxygens (including phenoxy) is 1. The third kappa shape index (κ3) is 5.10. The summed E-state index contributed by atoms with van der Waals surface area (Å²) in [4.78, 5) is 22.9. The summed E-state index contributed by atoms with van der Waals surface area (Å²) in [5.41, 5.74) is 0.967. The van der Waals surface area contributed by atoms with Crippen LogP contribution in [0.2, 0.25) is 0 Å². The zero-order chi connectivity index (χ0) is 16.0. The van der Waals surface area contributed by atoms with Gasteiger partial charge in [0.15, 0.2) is 0 Å². The zero-order valence-corrected chi connectivity index (χ0v) is 13.0. The number of carbonyl (C=O) groups excluding carboxylic acids is 1. The van der Waals surface area contributed by atoms with Crippen LogP contribution in [-0.4, -0.2) is 29.1 Å². The van der Waals surface area contributed by atoms with Crippen LogP contribution in [0.15, 0.2) is 18.2 Å². The Balaban J connectivity index is 2.48. The van der Waals surface area contributed by atoms with Crippen LogP contribution >= 0.6 is 0 Å². The number of carboxylic acid groups (broad SMARTS) is 1. The van der Waals surface area contributed by atoms with E-state index in [1.165, 1.54) is 6.92 Å². The number of carboxylic acids is 1. The van der Waals surface area contributed by atoms with Crippen molar-refractivity contribution < 1.29 is 19.4 Å². The Hall–Kier alpha value is -2.04. The second kappa shape index (κ2) is 7.11. The first-order valence-electron chi connectivity index (χ1n) is 7.02. The maximum Gasteiger partial charge on any atom is 0.329 e. The number of hydrogen-bond acceptors (Lipinski definition) is 3. The number of aryl methyl sites for hydroxylation is 2. The number of nitrogens with one attached hydrogen (secondary N) is 1. The van der Waals surface area contributed by atoms with Crippen LogP contribution in [0.25, 0.3) is 0 Å². The van der Waals surface area contributed by atoms with Crippen LogP contribution in [0.3, 0.4) is 0 Å². The van der Waals surface area contributed by atoms with Crippen LogP contribution in [0.5, 0.6) is 5.75 Å². The minimum Gasteiger partial charge on any atom is -0.493 e. The largest absolute Gasteiger partial charge is 0.493 e. The molecule has 2 N–H and O–H groups in total. The van der Waals surface area contributed by atoms with Gasteiger partial charge >= 0.3 is 5.97 Å². The summed E-state index contributed by atoms with van der Waals surface area (Å²) in [6.07, 6.45) is 0.446. The van der Waals surface area contributed by atoms with Gasteiger partial charge in [0.2, 0.25) is 5.91 Å². The first-order chi connectivity index (χ1) is 9.76. The molecule has 0 bridgehead atoms. The summed E-state index contributed by atoms with van der Waals surface area (Å²) in [6.45, 7) is 7.39. The lowest BCUT2D eigenvalue weighted by atomic mass is 9.99. The van der Waals surface area contributed by atoms with Crippen molar-refractivity contribution in [1.82, 2.24) is 5.32 Å². The molecule has 21 heavy (non-hydrogen) atoms. The van der Waals surface area contributed by atoms with E-state index in [4.69, 9.17) is 9.84 Å². The summed E-state index contributed by atoms with van der Waals surface area (Å²) in [5, 5.41) is 11.6. The SMILES string of the molecule is CCC(C)(NC(=O)CCOc1cc(C)cc(C)c1)C(=O)O. The summed E-state index contributed by atoms with van der Waals surface area (Å²) in [6, 6.07) is 5.84. The van der Waals surface area contributed by atoms with Crippen molar-refractivity contribution in [2.24, 2.45) is 0 Å². The summed E-state index contributed by atoms with van der Waals surface area (Å²) in [7, 11) is 0. The molecule has 5 nitrogen and oxygen atoms in total. The number of aliphatic carboxylic acids is 1. The molecule has 1 amide bonds. The Kier molecular flexibility index (Phi) is 5.76. The summed E-state index contributed by atoms with van der Waals surface area (Å²) >= 11 is 0. The highest BCUT2D eigenvalue weighted by molar-refractivity contribution is 5.86. The lowest BCUT2D eigenvalue weighted by molar-refractivity contribution is -0.147. The van der Waals surface area contributed by atoms with Gasteiger partial charge in [0.1, 0.15) is 11.3 Å². The van der Waals surface area contributed by atoms with Gasteiger partial charge in [0.05, 0.1) is 13.0 Å². The van der Waals surface area contributed by atoms with Gasteiger partial charge in [-0.15, -0.1) is 0 Å². The van der Waals surface area contributed by atoms with Crippen LogP contribution in [0.1, 0.15) is 37.8 Å². The van der Waals surface area contributed by atoms with Crippen molar-refractivity contribution in [2.45, 2.75) is 46.1 Å². The summed E-state index contributed by atoms with van der Waals surface area (Å²) in [5.74, 6) is -0.642. The molecule has 0 radical (unpaired) electrons. The molecule has 0 aromatic heterocycles. The van der Waals surface area contributed by atoms with E-state index in [0.717, 1.165) is 16.9 Å². The van der Waals surface area contributed by atoms with Crippen molar-refractivity contribution in [1.29, 1.82) is 0 Å². The van der Waals surface area contributed by atoms with Crippen LogP contribution in [0, 0.1) is 13.8 Å². The van der Waals surface area contributed by atoms with E-state index in [-0.39, 0.29) is 18.9 Å². The standard InChI is InChI=1S/C16H23NO4/c1-5-16(4,15(19)20)17-14(18)6-7-21-13-9-11(2)8-12(3)10-13/h8-10H,5-7H2,1-4H3,(H,17,18)(H,19,20). The fraction of sp³-hybridized carbons (Fsp3) is 0.500. The number of amides is 1. The molecular weight excluding hydrogens is 270 g/mol. The third-order valence-corrected chi connectivity index (χ3v) is 3.39. The molecule has 5 heteroatoms. The van der Waals surface area contributed by atoms with E-state index in [2.05, 4.69) is 5.32 Å². The first kappa shape index (κ1) is 17.0. The Bertz CT molecular complexity index is 507. The predicted molar refractivity (Wildman–Crippen MR) is 80.5 cm³/mol. The topological polar surface area (TPSA) is 75.6 Å². The minimum absolute atomic E-state index is 0.121. The average Bonchev–Trinajstić information content (AvgIpc) is 2.37. The fourth-order valence-corrected chi connectivity index (χ4v) is 1.94. The molecule has 1 rings (SSSR count). The Morgan fingerprint density at radius 2 is 1.81 bits per heavy atom. The second-order valence-electron chi connectivity index (χ2n) is 5.46. The van der Waals surface area contributed by atoms with Crippen molar-refractivity contribution in [3.8, 4) is 5.75 Å². The van der Waals surface area contributed by atoms with Gasteiger partial charge in [0.25, 0.3) is 0 Å². The molecule has 0 spiro atoms. The van der Waals surface area contributed by atoms with E-state index in [1.807, 2.05) is 32.0 Å². The molecule has 116 valence electrons. The van der Waals surface area contributed by atoms with E-state index in [9.17, 15) is 9.59 Å². The third-order valence-electron chi connectivity index (χ3n) is 3.39. The maximum atomic E-state index is 11.8. The highest BCUT2D eigenvalue weighted by atomic mass is 16.5. The van der Waals surface area contributed by atoms with Gasteiger partial charge in [-0.1, -0.05) is 13.0 Å². The second-order valence-corrected chi connectivity index (χ2v) is 5.46. The molecule has 1 aromatic carbocycles. The Labute approximate surface area is 125 Å². The van der Waals surface area contributed by atoms with Crippen LogP contribution < -0.4 is 10.1 Å². The Morgan fingerprint density at radius 3 is 2.29 bits per heavy atom. The van der Waals surface area contributed by atoms with E-state index < -0.39 is 11.5 Å². The normalized spacial score (nSPS) is 13.3. The monoisotopic (exact) mass is 293 g/mol. The number of carbonyl (C=O) groups is 2. The number of rotatable bonds is 7. The number of benzene rings is 1. The fourth-order valence-electron chi connectivity index (χ4n) is 1.94. The van der Waals surface area contributed by atoms with E-state index >= 15 is 0 Å². The molecule has 0 aliphatic carbocycles. The highest BCUT2D eigenvalue weighted by Gasteiger charge is 2.32. The lowest BCUT2D eigenvalue weighted by Gasteiger charge is -2.24. The van der Waals surface area contributed by atoms with Crippen molar-refractivity contribution in [3.05, 3.63) is 29.3 Å². The van der Waals surface area contributed by atoms with Gasteiger partial charge in [0, 0.05) is 0 Å². The first-order valence-corrected chi connectivity index (χ1v) is 7.02. The minimum atomic E-state index is -1.23. The van der Waals surface area contributed by atoms with E-state index in [0.29, 0.717) is 6.42 Å². The molecule has 0 aliphatic heterocycles. The maximum absolute atomic E-state index is 11.8. The Morgan fingerprint density at radius 1 is 1.24 bits per heavy atom. The van der Waals surface area contributed by atoms with Gasteiger partial charge in [-0.3, -0.25) is 4.79 Å². The predicted octanol–water partition coefficient (Wildman–Crippen LogP) is 2.44. The molecule has 1 aromatic rings. The summed E-state index contributed by atoms with van der Waals surface area (Å²) < 4.78 is 5.54. The van der Waals surface area contributed by atoms with Gasteiger partial charge in [-0.2, -0.15) is 0 Å². The van der Waals surface area contributed by atoms with Gasteiger partial charge in [-0.25, -0.2) is 4.79 Å². The van der Waals surface area contributed by atoms with Crippen molar-refractivity contribution in [3.63, 3.8) is 0 Å². The molecule has 0 fully saturated rings. The molecule has 0 aliphatic rings. The molecule has 1 unspecified atom stereocenters. The van der Waals surface area contributed by atoms with Gasteiger partial charge < -0.3 is 15.2 Å². The molecule has 0 heterocycles. The van der Waals surface area contributed by atoms with Crippen LogP contribution in [0.4, 0.5) is 0 Å². The van der Waals surface area contributed by atoms with Crippen molar-refractivity contribution in [2.75, 3.05) is 6.61 Å². The zero-order valence-electron chi connectivity index (χ0n) is 13.0. The lowest BCUT2D eigenvalue weighted by Crippen LogP contribution is -2.51. The number of hydrogen-bond donors (Lipinski definition) is 2. The van der Waals surface area contributed by atoms with E-state index in [1.54, 1.807) is 6.92 Å². The molecule has 1 atom stereocenters.